The van der Waals surface area contributed by atoms with E-state index in [1.807, 2.05) is 12.1 Å². The number of aryl methyl sites for hydroxylation is 2. The molecule has 4 rings (SSSR count). The third-order valence-corrected chi connectivity index (χ3v) is 7.95. The molecule has 1 aromatic carbocycles. The van der Waals surface area contributed by atoms with Crippen LogP contribution in [0.2, 0.25) is 0 Å². The molecule has 1 atom stereocenters. The van der Waals surface area contributed by atoms with Crippen molar-refractivity contribution in [1.29, 1.82) is 0 Å². The number of carbonyl (C=O) groups excluding carboxylic acids is 1. The quantitative estimate of drug-likeness (QED) is 0.832. The van der Waals surface area contributed by atoms with Gasteiger partial charge in [-0.25, -0.2) is 8.42 Å². The van der Waals surface area contributed by atoms with E-state index in [1.165, 1.54) is 17.2 Å². The zero-order valence-electron chi connectivity index (χ0n) is 16.9. The van der Waals surface area contributed by atoms with Crippen LogP contribution in [-0.4, -0.2) is 36.3 Å². The number of rotatable bonds is 4. The third-order valence-electron chi connectivity index (χ3n) is 6.09. The van der Waals surface area contributed by atoms with Crippen LogP contribution in [0, 0.1) is 0 Å². The van der Waals surface area contributed by atoms with Crippen molar-refractivity contribution in [1.82, 2.24) is 14.2 Å². The number of nitrogens with one attached hydrogen (secondary N) is 1. The largest absolute Gasteiger partial charge is 0.345 e. The number of sulfonamides is 1. The van der Waals surface area contributed by atoms with Crippen LogP contribution in [0.3, 0.4) is 0 Å². The van der Waals surface area contributed by atoms with E-state index >= 15 is 0 Å². The molecular formula is C22H29N3O3S. The van der Waals surface area contributed by atoms with E-state index in [2.05, 4.69) is 17.4 Å². The minimum absolute atomic E-state index is 0.0342. The molecule has 0 spiro atoms. The number of fused-ring (bicyclic) bond motifs is 1. The Morgan fingerprint density at radius 1 is 1.07 bits per heavy atom. The van der Waals surface area contributed by atoms with E-state index in [1.54, 1.807) is 22.1 Å². The second-order valence-corrected chi connectivity index (χ2v) is 10.0. The number of amides is 1. The topological polar surface area (TPSA) is 71.4 Å². The maximum atomic E-state index is 13.1. The summed E-state index contributed by atoms with van der Waals surface area (Å²) in [5.41, 5.74) is 2.82. The molecule has 1 aliphatic heterocycles. The number of hydrogen-bond donors (Lipinski definition) is 1. The molecule has 1 N–H and O–H groups in total. The van der Waals surface area contributed by atoms with Gasteiger partial charge in [0.25, 0.3) is 5.91 Å². The van der Waals surface area contributed by atoms with Gasteiger partial charge in [0.05, 0.1) is 6.04 Å². The van der Waals surface area contributed by atoms with E-state index in [0.29, 0.717) is 18.8 Å². The Morgan fingerprint density at radius 3 is 2.55 bits per heavy atom. The van der Waals surface area contributed by atoms with Crippen molar-refractivity contribution < 1.29 is 13.2 Å². The Bertz CT molecular complexity index is 988. The summed E-state index contributed by atoms with van der Waals surface area (Å²) in [7, 11) is -1.84. The van der Waals surface area contributed by atoms with E-state index in [0.717, 1.165) is 44.9 Å². The van der Waals surface area contributed by atoms with Crippen molar-refractivity contribution in [3.05, 3.63) is 53.3 Å². The summed E-state index contributed by atoms with van der Waals surface area (Å²) < 4.78 is 29.3. The Morgan fingerprint density at radius 2 is 1.79 bits per heavy atom. The molecule has 0 bridgehead atoms. The molecule has 2 heterocycles. The number of carbonyl (C=O) groups is 1. The van der Waals surface area contributed by atoms with Crippen LogP contribution in [-0.2, 0) is 23.5 Å². The maximum absolute atomic E-state index is 13.1. The summed E-state index contributed by atoms with van der Waals surface area (Å²) in [6.45, 7) is 1.11. The molecule has 1 aromatic heterocycles. The van der Waals surface area contributed by atoms with Crippen molar-refractivity contribution in [3.8, 4) is 0 Å². The summed E-state index contributed by atoms with van der Waals surface area (Å²) in [4.78, 5) is 13.2. The van der Waals surface area contributed by atoms with Gasteiger partial charge in [-0.15, -0.1) is 0 Å². The standard InChI is InChI=1S/C22H29N3O3S/c1-24-16-18(29(27,28)25-13-6-2-3-7-14-25)15-21(24)22(26)23-20-12-8-10-17-9-4-5-11-19(17)20/h4-5,9,11,15-16,20H,2-3,6-8,10,12-14H2,1H3,(H,23,26)/t20-/m1/s1. The fraction of sp³-hybridized carbons (Fsp3) is 0.500. The molecule has 7 heteroatoms. The molecule has 29 heavy (non-hydrogen) atoms. The first kappa shape index (κ1) is 20.2. The summed E-state index contributed by atoms with van der Waals surface area (Å²) >= 11 is 0. The molecular weight excluding hydrogens is 386 g/mol. The van der Waals surface area contributed by atoms with Crippen molar-refractivity contribution in [2.75, 3.05) is 13.1 Å². The van der Waals surface area contributed by atoms with Gasteiger partial charge in [0.2, 0.25) is 10.0 Å². The smallest absolute Gasteiger partial charge is 0.268 e. The summed E-state index contributed by atoms with van der Waals surface area (Å²) in [6, 6.07) is 9.69. The SMILES string of the molecule is Cn1cc(S(=O)(=O)N2CCCCCC2)cc1C(=O)N[C@@H]1CCCc2ccccc21. The Hall–Kier alpha value is -2.12. The van der Waals surface area contributed by atoms with E-state index in [-0.39, 0.29) is 16.8 Å². The molecule has 2 aliphatic rings. The average Bonchev–Trinajstić information content (AvgIpc) is 2.92. The van der Waals surface area contributed by atoms with Crippen LogP contribution in [0.4, 0.5) is 0 Å². The van der Waals surface area contributed by atoms with Gasteiger partial charge in [-0.3, -0.25) is 4.79 Å². The van der Waals surface area contributed by atoms with Crippen LogP contribution in [0.15, 0.2) is 41.4 Å². The number of benzene rings is 1. The predicted molar refractivity (Wildman–Crippen MR) is 112 cm³/mol. The van der Waals surface area contributed by atoms with Crippen molar-refractivity contribution in [2.45, 2.75) is 55.9 Å². The second kappa shape index (κ2) is 8.32. The van der Waals surface area contributed by atoms with Crippen LogP contribution < -0.4 is 5.32 Å². The minimum Gasteiger partial charge on any atom is -0.345 e. The van der Waals surface area contributed by atoms with Gasteiger partial charge < -0.3 is 9.88 Å². The normalized spacial score (nSPS) is 20.7. The average molecular weight is 416 g/mol. The highest BCUT2D eigenvalue weighted by atomic mass is 32.2. The lowest BCUT2D eigenvalue weighted by Crippen LogP contribution is -2.32. The summed E-state index contributed by atoms with van der Waals surface area (Å²) in [6.07, 6.45) is 8.43. The van der Waals surface area contributed by atoms with Gasteiger partial charge >= 0.3 is 0 Å². The molecule has 156 valence electrons. The fourth-order valence-corrected chi connectivity index (χ4v) is 6.06. The molecule has 0 unspecified atom stereocenters. The van der Waals surface area contributed by atoms with Crippen molar-refractivity contribution >= 4 is 15.9 Å². The van der Waals surface area contributed by atoms with Crippen molar-refractivity contribution in [2.24, 2.45) is 7.05 Å². The first-order valence-electron chi connectivity index (χ1n) is 10.5. The lowest BCUT2D eigenvalue weighted by Gasteiger charge is -2.26. The summed E-state index contributed by atoms with van der Waals surface area (Å²) in [5, 5.41) is 3.12. The van der Waals surface area contributed by atoms with Crippen LogP contribution >= 0.6 is 0 Å². The van der Waals surface area contributed by atoms with Gasteiger partial charge in [-0.1, -0.05) is 37.1 Å². The van der Waals surface area contributed by atoms with Gasteiger partial charge in [0.15, 0.2) is 0 Å². The van der Waals surface area contributed by atoms with Crippen LogP contribution in [0.5, 0.6) is 0 Å². The zero-order chi connectivity index (χ0) is 20.4. The number of aromatic nitrogens is 1. The molecule has 1 saturated heterocycles. The molecule has 0 radical (unpaired) electrons. The molecule has 1 fully saturated rings. The van der Waals surface area contributed by atoms with Crippen LogP contribution in [0.1, 0.15) is 66.2 Å². The molecule has 1 amide bonds. The lowest BCUT2D eigenvalue weighted by atomic mass is 9.87. The lowest BCUT2D eigenvalue weighted by molar-refractivity contribution is 0.0924. The zero-order valence-corrected chi connectivity index (χ0v) is 17.7. The third kappa shape index (κ3) is 4.12. The van der Waals surface area contributed by atoms with Gasteiger partial charge in [0, 0.05) is 26.3 Å². The van der Waals surface area contributed by atoms with Gasteiger partial charge in [-0.05, 0) is 49.3 Å². The van der Waals surface area contributed by atoms with Gasteiger partial charge in [-0.2, -0.15) is 4.31 Å². The van der Waals surface area contributed by atoms with Gasteiger partial charge in [0.1, 0.15) is 10.6 Å². The summed E-state index contributed by atoms with van der Waals surface area (Å²) in [5.74, 6) is -0.230. The van der Waals surface area contributed by atoms with Crippen LogP contribution in [0.25, 0.3) is 0 Å². The number of hydrogen-bond acceptors (Lipinski definition) is 3. The second-order valence-electron chi connectivity index (χ2n) is 8.11. The highest BCUT2D eigenvalue weighted by Gasteiger charge is 2.29. The molecule has 6 nitrogen and oxygen atoms in total. The molecule has 2 aromatic rings. The first-order valence-corrected chi connectivity index (χ1v) is 12.0. The Labute approximate surface area is 173 Å². The number of nitrogens with zero attached hydrogens (tertiary/aromatic N) is 2. The highest BCUT2D eigenvalue weighted by molar-refractivity contribution is 7.89. The molecule has 1 aliphatic carbocycles. The van der Waals surface area contributed by atoms with Crippen molar-refractivity contribution in [3.63, 3.8) is 0 Å². The monoisotopic (exact) mass is 415 g/mol. The highest BCUT2D eigenvalue weighted by Crippen LogP contribution is 2.30. The Kier molecular flexibility index (Phi) is 5.79. The maximum Gasteiger partial charge on any atom is 0.268 e. The minimum atomic E-state index is -3.57. The Balaban J connectivity index is 1.54. The fourth-order valence-electron chi connectivity index (χ4n) is 4.47. The van der Waals surface area contributed by atoms with E-state index < -0.39 is 10.0 Å². The predicted octanol–water partition coefficient (Wildman–Crippen LogP) is 3.40. The van der Waals surface area contributed by atoms with E-state index in [4.69, 9.17) is 0 Å². The van der Waals surface area contributed by atoms with E-state index in [9.17, 15) is 13.2 Å². The first-order chi connectivity index (χ1) is 14.0. The molecule has 0 saturated carbocycles.